The second-order valence-corrected chi connectivity index (χ2v) is 11.0. The molecular weight excluding hydrogens is 580 g/mol. The van der Waals surface area contributed by atoms with Crippen molar-refractivity contribution in [2.24, 2.45) is 0 Å². The maximum absolute atomic E-state index is 14.2. The highest BCUT2D eigenvalue weighted by molar-refractivity contribution is 5.61. The summed E-state index contributed by atoms with van der Waals surface area (Å²) in [7, 11) is 0. The predicted octanol–water partition coefficient (Wildman–Crippen LogP) is 5.58. The fraction of sp³-hybridized carbons (Fsp3) is 0.536. The quantitative estimate of drug-likeness (QED) is 0.343. The van der Waals surface area contributed by atoms with E-state index in [-0.39, 0.29) is 47.2 Å². The number of hydrogen-bond donors (Lipinski definition) is 1. The van der Waals surface area contributed by atoms with Crippen molar-refractivity contribution in [1.29, 1.82) is 0 Å². The van der Waals surface area contributed by atoms with E-state index in [9.17, 15) is 26.3 Å². The summed E-state index contributed by atoms with van der Waals surface area (Å²) in [6.07, 6.45) is -5.56. The number of piperazine rings is 1. The Morgan fingerprint density at radius 2 is 1.72 bits per heavy atom. The molecule has 2 atom stereocenters. The number of likely N-dealkylation sites (tertiary alicyclic amines) is 1. The molecule has 0 bridgehead atoms. The Labute approximate surface area is 244 Å². The van der Waals surface area contributed by atoms with E-state index < -0.39 is 18.1 Å². The summed E-state index contributed by atoms with van der Waals surface area (Å²) in [6.45, 7) is 7.15. The molecule has 0 aliphatic carbocycles. The van der Waals surface area contributed by atoms with Gasteiger partial charge in [-0.3, -0.25) is 9.80 Å². The Morgan fingerprint density at radius 3 is 2.30 bits per heavy atom. The zero-order chi connectivity index (χ0) is 30.9. The molecule has 4 heterocycles. The number of nitrogens with two attached hydrogens (primary N) is 1. The Bertz CT molecular complexity index is 1370. The lowest BCUT2D eigenvalue weighted by molar-refractivity contribution is -0.274. The van der Waals surface area contributed by atoms with Crippen LogP contribution in [-0.4, -0.2) is 75.6 Å². The summed E-state index contributed by atoms with van der Waals surface area (Å²) in [5, 5.41) is 7.20. The number of nitrogen functional groups attached to an aromatic ring is 1. The van der Waals surface area contributed by atoms with E-state index >= 15 is 0 Å². The molecule has 15 heteroatoms. The number of ether oxygens (including phenoxy) is 1. The van der Waals surface area contributed by atoms with Crippen molar-refractivity contribution >= 4 is 11.8 Å². The molecule has 3 aromatic rings. The van der Waals surface area contributed by atoms with Gasteiger partial charge >= 0.3 is 18.6 Å². The molecular formula is C28H33F6N7O2. The molecule has 2 aromatic heterocycles. The molecule has 0 saturated carbocycles. The smallest absolute Gasteiger partial charge is 0.406 e. The van der Waals surface area contributed by atoms with E-state index in [1.54, 1.807) is 17.0 Å². The summed E-state index contributed by atoms with van der Waals surface area (Å²) >= 11 is 0. The second-order valence-electron chi connectivity index (χ2n) is 11.0. The molecule has 1 unspecified atom stereocenters. The number of anilines is 2. The maximum Gasteiger partial charge on any atom is 0.573 e. The summed E-state index contributed by atoms with van der Waals surface area (Å²) < 4.78 is 89.0. The van der Waals surface area contributed by atoms with Crippen molar-refractivity contribution in [2.45, 2.75) is 70.3 Å². The first-order chi connectivity index (χ1) is 20.3. The van der Waals surface area contributed by atoms with Gasteiger partial charge in [-0.05, 0) is 63.0 Å². The first kappa shape index (κ1) is 30.9. The standard InChI is InChI=1S/C28H33F6N7O2/c1-3-20-16-40(24-23(27(29,30)31)12-19(13-36-24)25-37-38-26(35)42-25)17(2)14-41(20)21-8-10-39(11-9-21)15-18-4-6-22(7-5-18)43-28(32,33)34/h4-7,12-13,17,20-21H,3,8-11,14-16H2,1-2H3,(H2,35,38)/t17-,20?/m1/s1. The second kappa shape index (κ2) is 12.2. The molecule has 0 radical (unpaired) electrons. The van der Waals surface area contributed by atoms with Gasteiger partial charge in [0.15, 0.2) is 0 Å². The first-order valence-corrected chi connectivity index (χ1v) is 14.1. The van der Waals surface area contributed by atoms with E-state index in [0.717, 1.165) is 44.0 Å². The summed E-state index contributed by atoms with van der Waals surface area (Å²) in [5.41, 5.74) is 5.50. The molecule has 2 aliphatic heterocycles. The van der Waals surface area contributed by atoms with Gasteiger partial charge in [0.05, 0.1) is 11.1 Å². The lowest BCUT2D eigenvalue weighted by atomic mass is 9.95. The predicted molar refractivity (Wildman–Crippen MR) is 146 cm³/mol. The zero-order valence-corrected chi connectivity index (χ0v) is 23.7. The summed E-state index contributed by atoms with van der Waals surface area (Å²) in [4.78, 5) is 10.6. The SMILES string of the molecule is CCC1CN(c2ncc(-c3nnc(N)o3)cc2C(F)(F)F)[C@H](C)CN1C1CCN(Cc2ccc(OC(F)(F)F)cc2)CC1. The van der Waals surface area contributed by atoms with Crippen LogP contribution in [0.2, 0.25) is 0 Å². The van der Waals surface area contributed by atoms with Crippen LogP contribution in [0.5, 0.6) is 5.75 Å². The fourth-order valence-corrected chi connectivity index (χ4v) is 6.00. The third-order valence-corrected chi connectivity index (χ3v) is 8.08. The molecule has 2 fully saturated rings. The molecule has 2 aliphatic rings. The molecule has 0 spiro atoms. The number of piperidine rings is 1. The van der Waals surface area contributed by atoms with Crippen LogP contribution in [0.1, 0.15) is 44.2 Å². The molecule has 9 nitrogen and oxygen atoms in total. The van der Waals surface area contributed by atoms with Gasteiger partial charge in [-0.15, -0.1) is 18.3 Å². The maximum atomic E-state index is 14.2. The van der Waals surface area contributed by atoms with Crippen molar-refractivity contribution in [1.82, 2.24) is 25.0 Å². The number of pyridine rings is 1. The number of rotatable bonds is 7. The normalized spacial score (nSPS) is 21.3. The zero-order valence-electron chi connectivity index (χ0n) is 23.7. The van der Waals surface area contributed by atoms with Crippen molar-refractivity contribution in [3.8, 4) is 17.2 Å². The van der Waals surface area contributed by atoms with Crippen LogP contribution in [-0.2, 0) is 12.7 Å². The number of halogens is 6. The number of hydrogen-bond acceptors (Lipinski definition) is 9. The molecule has 234 valence electrons. The van der Waals surface area contributed by atoms with Gasteiger partial charge < -0.3 is 19.8 Å². The lowest BCUT2D eigenvalue weighted by Gasteiger charge is -2.50. The van der Waals surface area contributed by atoms with Crippen molar-refractivity contribution in [3.63, 3.8) is 0 Å². The molecule has 5 rings (SSSR count). The third kappa shape index (κ3) is 7.32. The Hall–Kier alpha value is -3.59. The Morgan fingerprint density at radius 1 is 1.02 bits per heavy atom. The molecule has 1 aromatic carbocycles. The van der Waals surface area contributed by atoms with Crippen molar-refractivity contribution in [3.05, 3.63) is 47.7 Å². The third-order valence-electron chi connectivity index (χ3n) is 8.08. The molecule has 2 N–H and O–H groups in total. The highest BCUT2D eigenvalue weighted by Crippen LogP contribution is 2.40. The van der Waals surface area contributed by atoms with E-state index in [0.29, 0.717) is 19.6 Å². The fourth-order valence-electron chi connectivity index (χ4n) is 6.00. The van der Waals surface area contributed by atoms with Crippen LogP contribution in [0.3, 0.4) is 0 Å². The van der Waals surface area contributed by atoms with Crippen LogP contribution in [0.15, 0.2) is 40.9 Å². The molecule has 0 amide bonds. The van der Waals surface area contributed by atoms with E-state index in [2.05, 4.69) is 29.7 Å². The van der Waals surface area contributed by atoms with Crippen molar-refractivity contribution < 1.29 is 35.5 Å². The van der Waals surface area contributed by atoms with Gasteiger partial charge in [0.1, 0.15) is 11.6 Å². The molecule has 43 heavy (non-hydrogen) atoms. The number of benzene rings is 1. The highest BCUT2D eigenvalue weighted by atomic mass is 19.4. The molecule has 2 saturated heterocycles. The Balaban J connectivity index is 1.23. The number of nitrogens with zero attached hydrogens (tertiary/aromatic N) is 6. The average Bonchev–Trinajstić information content (AvgIpc) is 3.39. The minimum absolute atomic E-state index is 0.0345. The highest BCUT2D eigenvalue weighted by Gasteiger charge is 2.42. The number of alkyl halides is 6. The van der Waals surface area contributed by atoms with Gasteiger partial charge in [0, 0.05) is 44.0 Å². The number of aromatic nitrogens is 3. The monoisotopic (exact) mass is 613 g/mol. The lowest BCUT2D eigenvalue weighted by Crippen LogP contribution is -2.61. The largest absolute Gasteiger partial charge is 0.573 e. The topological polar surface area (TPSA) is 96.8 Å². The van der Waals surface area contributed by atoms with E-state index in [1.807, 2.05) is 13.8 Å². The summed E-state index contributed by atoms with van der Waals surface area (Å²) in [5.74, 6) is -0.514. The Kier molecular flexibility index (Phi) is 8.75. The van der Waals surface area contributed by atoms with Crippen LogP contribution in [0.25, 0.3) is 11.5 Å². The van der Waals surface area contributed by atoms with Gasteiger partial charge in [0.25, 0.3) is 5.89 Å². The average molecular weight is 614 g/mol. The van der Waals surface area contributed by atoms with Gasteiger partial charge in [-0.25, -0.2) is 4.98 Å². The van der Waals surface area contributed by atoms with Crippen molar-refractivity contribution in [2.75, 3.05) is 36.8 Å². The van der Waals surface area contributed by atoms with Gasteiger partial charge in [-0.2, -0.15) is 13.2 Å². The van der Waals surface area contributed by atoms with Crippen LogP contribution in [0, 0.1) is 0 Å². The van der Waals surface area contributed by atoms with E-state index in [1.165, 1.54) is 18.3 Å². The van der Waals surface area contributed by atoms with Crippen LogP contribution < -0.4 is 15.4 Å². The van der Waals surface area contributed by atoms with Gasteiger partial charge in [0.2, 0.25) is 0 Å². The van der Waals surface area contributed by atoms with Crippen LogP contribution in [0.4, 0.5) is 38.2 Å². The van der Waals surface area contributed by atoms with E-state index in [4.69, 9.17) is 10.2 Å². The van der Waals surface area contributed by atoms with Crippen LogP contribution >= 0.6 is 0 Å². The van der Waals surface area contributed by atoms with Gasteiger partial charge in [-0.1, -0.05) is 24.2 Å². The summed E-state index contributed by atoms with van der Waals surface area (Å²) in [6, 6.07) is 6.71. The minimum Gasteiger partial charge on any atom is -0.406 e. The minimum atomic E-state index is -4.73. The first-order valence-electron chi connectivity index (χ1n) is 14.1.